The summed E-state index contributed by atoms with van der Waals surface area (Å²) in [4.78, 5) is 44.7. The van der Waals surface area contributed by atoms with E-state index in [0.29, 0.717) is 15.7 Å². The van der Waals surface area contributed by atoms with Crippen LogP contribution in [-0.4, -0.2) is 66.7 Å². The Morgan fingerprint density at radius 1 is 1.11 bits per heavy atom. The number of aromatic nitrogens is 2. The van der Waals surface area contributed by atoms with Crippen molar-refractivity contribution >= 4 is 27.8 Å². The summed E-state index contributed by atoms with van der Waals surface area (Å²) in [5.41, 5.74) is 6.66. The molecule has 0 radical (unpaired) electrons. The summed E-state index contributed by atoms with van der Waals surface area (Å²) in [7, 11) is -3.11. The van der Waals surface area contributed by atoms with E-state index in [9.17, 15) is 22.8 Å². The number of imidazole rings is 1. The number of nitrogens with one attached hydrogen (secondary N) is 2. The summed E-state index contributed by atoms with van der Waals surface area (Å²) in [6.07, 6.45) is 2.49. The summed E-state index contributed by atoms with van der Waals surface area (Å²) < 4.78 is 37.7. The number of sulfonamides is 1. The molecule has 2 amide bonds. The number of nitrogens with two attached hydrogens (primary N) is 1. The molecule has 2 aromatic carbocycles. The van der Waals surface area contributed by atoms with E-state index in [0.717, 1.165) is 5.56 Å². The molecule has 12 nitrogen and oxygen atoms in total. The number of benzene rings is 2. The Morgan fingerprint density at radius 2 is 1.81 bits per heavy atom. The number of H-pyrrole nitrogens is 1. The van der Waals surface area contributed by atoms with E-state index in [1.165, 1.54) is 43.9 Å². The van der Waals surface area contributed by atoms with Crippen molar-refractivity contribution in [1.82, 2.24) is 19.6 Å². The maximum atomic E-state index is 13.5. The smallest absolute Gasteiger partial charge is 0.325 e. The first-order valence-corrected chi connectivity index (χ1v) is 12.6. The lowest BCUT2D eigenvalue weighted by Gasteiger charge is -2.29. The van der Waals surface area contributed by atoms with Gasteiger partial charge in [-0.3, -0.25) is 14.4 Å². The summed E-state index contributed by atoms with van der Waals surface area (Å²) in [6.45, 7) is -1.23. The van der Waals surface area contributed by atoms with Gasteiger partial charge >= 0.3 is 5.97 Å². The van der Waals surface area contributed by atoms with Crippen LogP contribution in [-0.2, 0) is 42.2 Å². The van der Waals surface area contributed by atoms with Gasteiger partial charge in [-0.15, -0.1) is 0 Å². The minimum Gasteiger partial charge on any atom is -0.497 e. The van der Waals surface area contributed by atoms with Crippen LogP contribution in [0.2, 0.25) is 0 Å². The molecule has 0 spiro atoms. The molecule has 0 aliphatic heterocycles. The Morgan fingerprint density at radius 3 is 2.41 bits per heavy atom. The summed E-state index contributed by atoms with van der Waals surface area (Å²) >= 11 is 0. The lowest BCUT2D eigenvalue weighted by Crippen LogP contribution is -2.55. The molecule has 1 heterocycles. The van der Waals surface area contributed by atoms with Crippen LogP contribution in [0.15, 0.2) is 72.0 Å². The van der Waals surface area contributed by atoms with Gasteiger partial charge in [0.25, 0.3) is 15.9 Å². The third-order valence-electron chi connectivity index (χ3n) is 5.24. The number of carbonyl (C=O) groups excluding carboxylic acids is 3. The standard InChI is InChI=1S/C24H27N5O7S/c1-35-19-7-9-20(10-8-19)37(33,34)29(22(30)12-25)21(11-18-13-26-16-28-18)24(32)27-14-23(31)36-15-17-5-3-2-4-6-17/h2-10,13,16,21H,11-12,14-15,25H2,1H3,(H,26,28)(H,27,32)/t21-/m0/s1. The van der Waals surface area contributed by atoms with Gasteiger partial charge < -0.3 is 25.5 Å². The van der Waals surface area contributed by atoms with Crippen molar-refractivity contribution < 1.29 is 32.3 Å². The molecule has 196 valence electrons. The van der Waals surface area contributed by atoms with Crippen LogP contribution >= 0.6 is 0 Å². The predicted octanol–water partition coefficient (Wildman–Crippen LogP) is 0.365. The Kier molecular flexibility index (Phi) is 9.35. The minimum atomic E-state index is -4.53. The van der Waals surface area contributed by atoms with Crippen molar-refractivity contribution in [3.05, 3.63) is 78.4 Å². The van der Waals surface area contributed by atoms with E-state index in [1.807, 2.05) is 6.07 Å². The minimum absolute atomic E-state index is 0.00322. The monoisotopic (exact) mass is 529 g/mol. The Balaban J connectivity index is 1.83. The number of esters is 1. The van der Waals surface area contributed by atoms with Gasteiger partial charge in [0, 0.05) is 18.3 Å². The van der Waals surface area contributed by atoms with Gasteiger partial charge in [-0.25, -0.2) is 17.7 Å². The fourth-order valence-electron chi connectivity index (χ4n) is 3.38. The highest BCUT2D eigenvalue weighted by molar-refractivity contribution is 7.89. The third kappa shape index (κ3) is 7.15. The molecule has 0 saturated carbocycles. The topological polar surface area (TPSA) is 174 Å². The number of hydrogen-bond donors (Lipinski definition) is 3. The van der Waals surface area contributed by atoms with E-state index >= 15 is 0 Å². The van der Waals surface area contributed by atoms with Crippen molar-refractivity contribution in [2.24, 2.45) is 5.73 Å². The molecule has 1 aromatic heterocycles. The van der Waals surface area contributed by atoms with Gasteiger partial charge in [-0.2, -0.15) is 0 Å². The van der Waals surface area contributed by atoms with Crippen molar-refractivity contribution in [1.29, 1.82) is 0 Å². The molecule has 3 aromatic rings. The summed E-state index contributed by atoms with van der Waals surface area (Å²) in [5.74, 6) is -2.25. The second kappa shape index (κ2) is 12.6. The Bertz CT molecular complexity index is 1300. The van der Waals surface area contributed by atoms with E-state index < -0.39 is 46.9 Å². The van der Waals surface area contributed by atoms with Gasteiger partial charge in [-0.1, -0.05) is 30.3 Å². The largest absolute Gasteiger partial charge is 0.497 e. The first-order valence-electron chi connectivity index (χ1n) is 11.1. The molecular weight excluding hydrogens is 502 g/mol. The fraction of sp³-hybridized carbons (Fsp3) is 0.250. The van der Waals surface area contributed by atoms with Gasteiger partial charge in [0.1, 0.15) is 24.9 Å². The molecule has 0 aliphatic carbocycles. The van der Waals surface area contributed by atoms with E-state index in [4.69, 9.17) is 15.2 Å². The van der Waals surface area contributed by atoms with Crippen molar-refractivity contribution in [2.75, 3.05) is 20.2 Å². The molecule has 0 fully saturated rings. The number of rotatable bonds is 12. The van der Waals surface area contributed by atoms with Crippen LogP contribution in [0.3, 0.4) is 0 Å². The highest BCUT2D eigenvalue weighted by atomic mass is 32.2. The molecule has 37 heavy (non-hydrogen) atoms. The number of hydrogen-bond acceptors (Lipinski definition) is 9. The predicted molar refractivity (Wildman–Crippen MR) is 131 cm³/mol. The molecular formula is C24H27N5O7S. The second-order valence-electron chi connectivity index (χ2n) is 7.74. The Hall–Kier alpha value is -4.23. The number of amides is 2. The van der Waals surface area contributed by atoms with Crippen LogP contribution < -0.4 is 15.8 Å². The zero-order valence-electron chi connectivity index (χ0n) is 20.0. The van der Waals surface area contributed by atoms with Crippen LogP contribution in [0.4, 0.5) is 0 Å². The van der Waals surface area contributed by atoms with Gasteiger partial charge in [0.05, 0.1) is 24.9 Å². The van der Waals surface area contributed by atoms with E-state index in [-0.39, 0.29) is 17.9 Å². The molecule has 0 bridgehead atoms. The molecule has 3 rings (SSSR count). The highest BCUT2D eigenvalue weighted by Crippen LogP contribution is 2.23. The highest BCUT2D eigenvalue weighted by Gasteiger charge is 2.39. The summed E-state index contributed by atoms with van der Waals surface area (Å²) in [6, 6.07) is 12.7. The van der Waals surface area contributed by atoms with Crippen LogP contribution in [0.25, 0.3) is 0 Å². The second-order valence-corrected chi connectivity index (χ2v) is 9.55. The molecule has 13 heteroatoms. The first-order chi connectivity index (χ1) is 17.8. The van der Waals surface area contributed by atoms with Crippen molar-refractivity contribution in [3.63, 3.8) is 0 Å². The van der Waals surface area contributed by atoms with Crippen molar-refractivity contribution in [3.8, 4) is 5.75 Å². The van der Waals surface area contributed by atoms with Gasteiger partial charge in [0.2, 0.25) is 5.91 Å². The summed E-state index contributed by atoms with van der Waals surface area (Å²) in [5, 5.41) is 2.37. The normalized spacial score (nSPS) is 11.8. The average molecular weight is 530 g/mol. The zero-order valence-corrected chi connectivity index (χ0v) is 20.8. The lowest BCUT2D eigenvalue weighted by atomic mass is 10.1. The number of aromatic amines is 1. The van der Waals surface area contributed by atoms with Crippen molar-refractivity contribution in [2.45, 2.75) is 24.0 Å². The van der Waals surface area contributed by atoms with Crippen LogP contribution in [0, 0.1) is 0 Å². The number of ether oxygens (including phenoxy) is 2. The Labute approximate surface area is 213 Å². The van der Waals surface area contributed by atoms with E-state index in [2.05, 4.69) is 15.3 Å². The molecule has 0 unspecified atom stereocenters. The third-order valence-corrected chi connectivity index (χ3v) is 7.08. The maximum absolute atomic E-state index is 13.5. The molecule has 4 N–H and O–H groups in total. The molecule has 0 aliphatic rings. The number of nitrogens with zero attached hydrogens (tertiary/aromatic N) is 2. The SMILES string of the molecule is COc1ccc(S(=O)(=O)N(C(=O)CN)[C@@H](Cc2cnc[nH]2)C(=O)NCC(=O)OCc2ccccc2)cc1. The lowest BCUT2D eigenvalue weighted by molar-refractivity contribution is -0.145. The van der Waals surface area contributed by atoms with Crippen LogP contribution in [0.5, 0.6) is 5.75 Å². The quantitative estimate of drug-likeness (QED) is 0.280. The fourth-order valence-corrected chi connectivity index (χ4v) is 4.93. The number of carbonyl (C=O) groups is 3. The zero-order chi connectivity index (χ0) is 26.8. The van der Waals surface area contributed by atoms with Crippen LogP contribution in [0.1, 0.15) is 11.3 Å². The van der Waals surface area contributed by atoms with Gasteiger partial charge in [0.15, 0.2) is 0 Å². The number of methoxy groups -OCH3 is 1. The first kappa shape index (κ1) is 27.4. The van der Waals surface area contributed by atoms with E-state index in [1.54, 1.807) is 24.3 Å². The van der Waals surface area contributed by atoms with Gasteiger partial charge in [-0.05, 0) is 29.8 Å². The maximum Gasteiger partial charge on any atom is 0.325 e. The molecule has 0 saturated heterocycles. The molecule has 1 atom stereocenters. The average Bonchev–Trinajstić information content (AvgIpc) is 3.43.